The topological polar surface area (TPSA) is 64.2 Å². The highest BCUT2D eigenvalue weighted by Crippen LogP contribution is 2.23. The van der Waals surface area contributed by atoms with Crippen LogP contribution in [0.15, 0.2) is 41.2 Å². The molecule has 0 saturated carbocycles. The fourth-order valence-corrected chi connectivity index (χ4v) is 2.28. The third-order valence-corrected chi connectivity index (χ3v) is 3.41. The second-order valence-corrected chi connectivity index (χ2v) is 4.76. The molecule has 0 N–H and O–H groups in total. The Kier molecular flexibility index (Phi) is 5.34. The van der Waals surface area contributed by atoms with E-state index in [9.17, 15) is 4.79 Å². The Bertz CT molecular complexity index is 744. The first kappa shape index (κ1) is 15.8. The Morgan fingerprint density at radius 1 is 1.23 bits per heavy atom. The molecule has 0 atom stereocenters. The van der Waals surface area contributed by atoms with Crippen LogP contribution in [0.3, 0.4) is 0 Å². The second-order valence-electron chi connectivity index (χ2n) is 4.76. The second kappa shape index (κ2) is 7.43. The van der Waals surface area contributed by atoms with Gasteiger partial charge in [0.05, 0.1) is 31.9 Å². The van der Waals surface area contributed by atoms with Gasteiger partial charge in [-0.15, -0.1) is 0 Å². The third-order valence-electron chi connectivity index (χ3n) is 3.41. The minimum Gasteiger partial charge on any atom is -0.497 e. The van der Waals surface area contributed by atoms with Gasteiger partial charge in [-0.3, -0.25) is 4.79 Å². The van der Waals surface area contributed by atoms with E-state index in [2.05, 4.69) is 0 Å². The van der Waals surface area contributed by atoms with Crippen LogP contribution in [-0.2, 0) is 17.7 Å². The summed E-state index contributed by atoms with van der Waals surface area (Å²) in [5.74, 6) is 0.726. The largest absolute Gasteiger partial charge is 0.497 e. The summed E-state index contributed by atoms with van der Waals surface area (Å²) in [6.07, 6.45) is 0.101. The van der Waals surface area contributed by atoms with E-state index in [0.717, 1.165) is 17.0 Å². The summed E-state index contributed by atoms with van der Waals surface area (Å²) in [5, 5.41) is 8.83. The van der Waals surface area contributed by atoms with Crippen molar-refractivity contribution in [3.63, 3.8) is 0 Å². The van der Waals surface area contributed by atoms with Gasteiger partial charge < -0.3 is 14.0 Å². The zero-order valence-corrected chi connectivity index (χ0v) is 12.7. The van der Waals surface area contributed by atoms with E-state index in [1.165, 1.54) is 0 Å². The maximum Gasteiger partial charge on any atom is 0.255 e. The van der Waals surface area contributed by atoms with Crippen LogP contribution >= 0.6 is 0 Å². The predicted molar refractivity (Wildman–Crippen MR) is 83.9 cm³/mol. The van der Waals surface area contributed by atoms with Gasteiger partial charge in [0.2, 0.25) is 0 Å². The van der Waals surface area contributed by atoms with E-state index in [-0.39, 0.29) is 12.0 Å². The molecule has 0 aliphatic carbocycles. The number of nitrogens with zero attached hydrogens (tertiary/aromatic N) is 2. The zero-order valence-electron chi connectivity index (χ0n) is 12.7. The molecule has 2 aromatic rings. The van der Waals surface area contributed by atoms with Crippen molar-refractivity contribution >= 4 is 0 Å². The monoisotopic (exact) mass is 298 g/mol. The molecule has 0 amide bonds. The molecule has 1 heterocycles. The Labute approximate surface area is 129 Å². The fraction of sp³-hybridized carbons (Fsp3) is 0.294. The Balaban J connectivity index is 2.56. The number of nitriles is 1. The van der Waals surface area contributed by atoms with E-state index < -0.39 is 0 Å². The van der Waals surface area contributed by atoms with Crippen molar-refractivity contribution in [3.8, 4) is 23.1 Å². The van der Waals surface area contributed by atoms with Crippen molar-refractivity contribution in [2.45, 2.75) is 13.0 Å². The summed E-state index contributed by atoms with van der Waals surface area (Å²) in [5.41, 5.74) is 2.00. The van der Waals surface area contributed by atoms with E-state index in [4.69, 9.17) is 14.7 Å². The van der Waals surface area contributed by atoms with Crippen LogP contribution in [0.1, 0.15) is 5.56 Å². The summed E-state index contributed by atoms with van der Waals surface area (Å²) in [4.78, 5) is 12.5. The molecule has 0 fully saturated rings. The number of ether oxygens (including phenoxy) is 2. The quantitative estimate of drug-likeness (QED) is 0.820. The SMILES string of the molecule is COCCn1c(-c2cccc(OC)c2)ccc(CC#N)c1=O. The van der Waals surface area contributed by atoms with Crippen LogP contribution in [0.4, 0.5) is 0 Å². The maximum atomic E-state index is 12.5. The highest BCUT2D eigenvalue weighted by Gasteiger charge is 2.11. The van der Waals surface area contributed by atoms with Gasteiger partial charge in [0.1, 0.15) is 5.75 Å². The van der Waals surface area contributed by atoms with Crippen molar-refractivity contribution in [3.05, 3.63) is 52.3 Å². The number of rotatable bonds is 6. The summed E-state index contributed by atoms with van der Waals surface area (Å²) in [7, 11) is 3.20. The van der Waals surface area contributed by atoms with Gasteiger partial charge in [0, 0.05) is 24.8 Å². The number of hydrogen-bond acceptors (Lipinski definition) is 4. The molecule has 0 aliphatic rings. The van der Waals surface area contributed by atoms with Crippen LogP contribution < -0.4 is 10.3 Å². The minimum atomic E-state index is -0.154. The first-order chi connectivity index (χ1) is 10.7. The van der Waals surface area contributed by atoms with E-state index in [1.54, 1.807) is 24.9 Å². The minimum absolute atomic E-state index is 0.101. The number of benzene rings is 1. The summed E-state index contributed by atoms with van der Waals surface area (Å²) in [6.45, 7) is 0.855. The molecular formula is C17H18N2O3. The zero-order chi connectivity index (χ0) is 15.9. The maximum absolute atomic E-state index is 12.5. The standard InChI is InChI=1S/C17H18N2O3/c1-21-11-10-19-16(7-6-13(8-9-18)17(19)20)14-4-3-5-15(12-14)22-2/h3-7,12H,8,10-11H2,1-2H3. The van der Waals surface area contributed by atoms with Gasteiger partial charge in [-0.2, -0.15) is 5.26 Å². The number of hydrogen-bond donors (Lipinski definition) is 0. The summed E-state index contributed by atoms with van der Waals surface area (Å²) in [6, 6.07) is 13.1. The van der Waals surface area contributed by atoms with Gasteiger partial charge in [-0.05, 0) is 18.2 Å². The molecule has 114 valence electrons. The first-order valence-electron chi connectivity index (χ1n) is 6.94. The predicted octanol–water partition coefficient (Wildman–Crippen LogP) is 2.24. The number of aromatic nitrogens is 1. The van der Waals surface area contributed by atoms with Gasteiger partial charge in [0.25, 0.3) is 5.56 Å². The molecule has 0 radical (unpaired) electrons. The highest BCUT2D eigenvalue weighted by molar-refractivity contribution is 5.62. The van der Waals surface area contributed by atoms with Crippen molar-refractivity contribution in [2.75, 3.05) is 20.8 Å². The molecule has 22 heavy (non-hydrogen) atoms. The van der Waals surface area contributed by atoms with Crippen LogP contribution in [-0.4, -0.2) is 25.4 Å². The third kappa shape index (κ3) is 3.35. The molecule has 0 spiro atoms. The van der Waals surface area contributed by atoms with Crippen molar-refractivity contribution in [2.24, 2.45) is 0 Å². The van der Waals surface area contributed by atoms with Crippen molar-refractivity contribution in [1.82, 2.24) is 4.57 Å². The lowest BCUT2D eigenvalue weighted by Crippen LogP contribution is -2.26. The Hall–Kier alpha value is -2.58. The molecule has 1 aromatic heterocycles. The molecule has 0 saturated heterocycles. The van der Waals surface area contributed by atoms with E-state index in [0.29, 0.717) is 18.7 Å². The van der Waals surface area contributed by atoms with Crippen LogP contribution in [0.5, 0.6) is 5.75 Å². The molecule has 5 nitrogen and oxygen atoms in total. The summed E-state index contributed by atoms with van der Waals surface area (Å²) < 4.78 is 12.0. The molecule has 0 bridgehead atoms. The number of pyridine rings is 1. The summed E-state index contributed by atoms with van der Waals surface area (Å²) >= 11 is 0. The average Bonchev–Trinajstić information content (AvgIpc) is 2.55. The smallest absolute Gasteiger partial charge is 0.255 e. The van der Waals surface area contributed by atoms with Crippen molar-refractivity contribution < 1.29 is 9.47 Å². The van der Waals surface area contributed by atoms with Crippen molar-refractivity contribution in [1.29, 1.82) is 5.26 Å². The lowest BCUT2D eigenvalue weighted by Gasteiger charge is -2.14. The fourth-order valence-electron chi connectivity index (χ4n) is 2.28. The van der Waals surface area contributed by atoms with Crippen LogP contribution in [0, 0.1) is 11.3 Å². The van der Waals surface area contributed by atoms with Crippen LogP contribution in [0.2, 0.25) is 0 Å². The molecule has 5 heteroatoms. The number of methoxy groups -OCH3 is 2. The molecule has 0 aliphatic heterocycles. The van der Waals surface area contributed by atoms with Gasteiger partial charge in [-0.1, -0.05) is 18.2 Å². The first-order valence-corrected chi connectivity index (χ1v) is 6.94. The molecule has 0 unspecified atom stereocenters. The van der Waals surface area contributed by atoms with Crippen LogP contribution in [0.25, 0.3) is 11.3 Å². The highest BCUT2D eigenvalue weighted by atomic mass is 16.5. The molecule has 1 aromatic carbocycles. The lowest BCUT2D eigenvalue weighted by molar-refractivity contribution is 0.186. The van der Waals surface area contributed by atoms with Gasteiger partial charge in [0.15, 0.2) is 0 Å². The van der Waals surface area contributed by atoms with E-state index in [1.807, 2.05) is 36.4 Å². The Morgan fingerprint density at radius 2 is 2.05 bits per heavy atom. The van der Waals surface area contributed by atoms with E-state index >= 15 is 0 Å². The normalized spacial score (nSPS) is 10.2. The van der Waals surface area contributed by atoms with Gasteiger partial charge in [-0.25, -0.2) is 0 Å². The molecule has 2 rings (SSSR count). The van der Waals surface area contributed by atoms with Gasteiger partial charge >= 0.3 is 0 Å². The average molecular weight is 298 g/mol. The Morgan fingerprint density at radius 3 is 2.73 bits per heavy atom. The lowest BCUT2D eigenvalue weighted by atomic mass is 10.1. The molecular weight excluding hydrogens is 280 g/mol.